The molecule has 2 atom stereocenters. The van der Waals surface area contributed by atoms with E-state index in [0.717, 1.165) is 22.8 Å². The molecule has 234 valence electrons. The van der Waals surface area contributed by atoms with Gasteiger partial charge >= 0.3 is 0 Å². The summed E-state index contributed by atoms with van der Waals surface area (Å²) in [6, 6.07) is 9.39. The van der Waals surface area contributed by atoms with Gasteiger partial charge < -0.3 is 14.2 Å². The van der Waals surface area contributed by atoms with Crippen molar-refractivity contribution in [1.82, 2.24) is 19.7 Å². The molecule has 2 aromatic heterocycles. The van der Waals surface area contributed by atoms with Crippen LogP contribution in [0.4, 0.5) is 23.4 Å². The number of rotatable bonds is 10. The van der Waals surface area contributed by atoms with E-state index in [-0.39, 0.29) is 24.5 Å². The van der Waals surface area contributed by atoms with Crippen LogP contribution < -0.4 is 18.5 Å². The van der Waals surface area contributed by atoms with E-state index in [4.69, 9.17) is 14.2 Å². The van der Waals surface area contributed by atoms with E-state index in [1.807, 2.05) is 0 Å². The minimum atomic E-state index is -4.81. The zero-order valence-electron chi connectivity index (χ0n) is 24.0. The van der Waals surface area contributed by atoms with Crippen molar-refractivity contribution in [3.05, 3.63) is 84.1 Å². The van der Waals surface area contributed by atoms with Gasteiger partial charge in [-0.25, -0.2) is 35.9 Å². The minimum Gasteiger partial charge on any atom is -0.497 e. The highest BCUT2D eigenvalue weighted by molar-refractivity contribution is 7.92. The molecule has 10 nitrogen and oxygen atoms in total. The van der Waals surface area contributed by atoms with Crippen LogP contribution in [0.2, 0.25) is 0 Å². The van der Waals surface area contributed by atoms with E-state index in [0.29, 0.717) is 17.0 Å². The summed E-state index contributed by atoms with van der Waals surface area (Å²) >= 11 is 0. The largest absolute Gasteiger partial charge is 0.497 e. The third-order valence-corrected chi connectivity index (χ3v) is 9.26. The summed E-state index contributed by atoms with van der Waals surface area (Å²) in [5, 5.41) is 4.08. The maximum atomic E-state index is 15.7. The molecular weight excluding hydrogens is 606 g/mol. The topological polar surface area (TPSA) is 109 Å². The standard InChI is InChI=1S/C29H29F4N5O5S/c1-37-21(9-13-36-37)20-8-11-29(32,33)15-24(20)43-22-6-7-25(28(31)27(22)30)44(39,40)38(26-10-12-34-17-35-26)16-18-4-5-19(41-2)14-23(18)42-3/h4-7,9-10,12-14,17,20,24H,8,11,15-16H2,1-3H3. The number of anilines is 1. The fourth-order valence-electron chi connectivity index (χ4n) is 5.24. The quantitative estimate of drug-likeness (QED) is 0.218. The molecule has 4 aromatic rings. The predicted octanol–water partition coefficient (Wildman–Crippen LogP) is 5.25. The van der Waals surface area contributed by atoms with Gasteiger partial charge in [-0.1, -0.05) is 0 Å². The first-order valence-corrected chi connectivity index (χ1v) is 14.9. The van der Waals surface area contributed by atoms with Gasteiger partial charge in [0.05, 0.1) is 20.8 Å². The summed E-state index contributed by atoms with van der Waals surface area (Å²) in [6.07, 6.45) is 1.55. The molecule has 1 fully saturated rings. The van der Waals surface area contributed by atoms with E-state index in [1.54, 1.807) is 31.3 Å². The van der Waals surface area contributed by atoms with Crippen molar-refractivity contribution < 1.29 is 40.2 Å². The van der Waals surface area contributed by atoms with Crippen molar-refractivity contribution in [2.75, 3.05) is 18.5 Å². The van der Waals surface area contributed by atoms with Gasteiger partial charge in [0.1, 0.15) is 34.6 Å². The van der Waals surface area contributed by atoms with E-state index < -0.39 is 63.1 Å². The average molecular weight is 636 g/mol. The molecule has 0 aliphatic heterocycles. The lowest BCUT2D eigenvalue weighted by atomic mass is 9.82. The Labute approximate surface area is 251 Å². The lowest BCUT2D eigenvalue weighted by molar-refractivity contribution is -0.0787. The van der Waals surface area contributed by atoms with Gasteiger partial charge in [-0.2, -0.15) is 9.49 Å². The van der Waals surface area contributed by atoms with Crippen molar-refractivity contribution in [1.29, 1.82) is 0 Å². The highest BCUT2D eigenvalue weighted by atomic mass is 32.2. The molecule has 2 unspecified atom stereocenters. The van der Waals surface area contributed by atoms with Gasteiger partial charge in [-0.3, -0.25) is 4.68 Å². The number of alkyl halides is 2. The minimum absolute atomic E-state index is 0.0243. The van der Waals surface area contributed by atoms with Crippen LogP contribution in [-0.4, -0.2) is 54.4 Å². The summed E-state index contributed by atoms with van der Waals surface area (Å²) in [5.74, 6) is -7.12. The summed E-state index contributed by atoms with van der Waals surface area (Å²) in [4.78, 5) is 6.80. The van der Waals surface area contributed by atoms with Crippen molar-refractivity contribution >= 4 is 15.8 Å². The van der Waals surface area contributed by atoms with Crippen LogP contribution in [0.3, 0.4) is 0 Å². The van der Waals surface area contributed by atoms with Gasteiger partial charge in [0, 0.05) is 61.6 Å². The van der Waals surface area contributed by atoms with E-state index in [9.17, 15) is 17.2 Å². The van der Waals surface area contributed by atoms with Gasteiger partial charge in [-0.15, -0.1) is 0 Å². The Balaban J connectivity index is 1.50. The molecule has 0 radical (unpaired) electrons. The second-order valence-electron chi connectivity index (χ2n) is 10.2. The van der Waals surface area contributed by atoms with Gasteiger partial charge in [0.25, 0.3) is 15.9 Å². The van der Waals surface area contributed by atoms with Crippen LogP contribution in [0.25, 0.3) is 0 Å². The van der Waals surface area contributed by atoms with Crippen LogP contribution in [0.1, 0.15) is 36.4 Å². The first kappa shape index (κ1) is 31.0. The molecule has 1 aliphatic rings. The zero-order valence-corrected chi connectivity index (χ0v) is 24.8. The molecule has 0 spiro atoms. The van der Waals surface area contributed by atoms with Crippen LogP contribution in [0.5, 0.6) is 17.2 Å². The Kier molecular flexibility index (Phi) is 8.68. The fraction of sp³-hybridized carbons (Fsp3) is 0.345. The first-order valence-electron chi connectivity index (χ1n) is 13.4. The van der Waals surface area contributed by atoms with Crippen molar-refractivity contribution in [3.63, 3.8) is 0 Å². The number of aryl methyl sites for hydroxylation is 1. The Morgan fingerprint density at radius 2 is 1.82 bits per heavy atom. The Bertz CT molecular complexity index is 1740. The molecule has 1 aliphatic carbocycles. The summed E-state index contributed by atoms with van der Waals surface area (Å²) in [7, 11) is -0.330. The highest BCUT2D eigenvalue weighted by Gasteiger charge is 2.45. The molecule has 0 bridgehead atoms. The summed E-state index contributed by atoms with van der Waals surface area (Å²) < 4.78 is 106. The van der Waals surface area contributed by atoms with E-state index >= 15 is 8.78 Å². The number of benzene rings is 2. The summed E-state index contributed by atoms with van der Waals surface area (Å²) in [5.41, 5.74) is 0.968. The fourth-order valence-corrected chi connectivity index (χ4v) is 6.70. The van der Waals surface area contributed by atoms with Crippen molar-refractivity contribution in [3.8, 4) is 17.2 Å². The second kappa shape index (κ2) is 12.3. The first-order chi connectivity index (χ1) is 20.9. The zero-order chi connectivity index (χ0) is 31.6. The van der Waals surface area contributed by atoms with Crippen LogP contribution in [-0.2, 0) is 23.6 Å². The molecule has 1 saturated carbocycles. The number of halogens is 4. The third kappa shape index (κ3) is 6.14. The molecular formula is C29H29F4N5O5S. The molecule has 5 rings (SSSR count). The maximum absolute atomic E-state index is 15.7. The van der Waals surface area contributed by atoms with E-state index in [2.05, 4.69) is 15.1 Å². The Morgan fingerprint density at radius 3 is 2.48 bits per heavy atom. The normalized spacial score (nSPS) is 18.1. The number of hydrogen-bond acceptors (Lipinski definition) is 8. The number of nitrogens with zero attached hydrogens (tertiary/aromatic N) is 5. The second-order valence-corrected chi connectivity index (χ2v) is 12.0. The lowest BCUT2D eigenvalue weighted by Crippen LogP contribution is -2.39. The number of ether oxygens (including phenoxy) is 3. The number of sulfonamides is 1. The van der Waals surface area contributed by atoms with Gasteiger partial charge in [0.2, 0.25) is 5.82 Å². The predicted molar refractivity (Wildman–Crippen MR) is 150 cm³/mol. The van der Waals surface area contributed by atoms with E-state index in [1.165, 1.54) is 37.4 Å². The number of aromatic nitrogens is 4. The molecule has 0 saturated heterocycles. The lowest BCUT2D eigenvalue weighted by Gasteiger charge is -2.36. The van der Waals surface area contributed by atoms with Crippen molar-refractivity contribution in [2.45, 2.75) is 48.6 Å². The van der Waals surface area contributed by atoms with Crippen LogP contribution in [0, 0.1) is 11.6 Å². The Morgan fingerprint density at radius 1 is 1.02 bits per heavy atom. The number of hydrogen-bond donors (Lipinski definition) is 0. The van der Waals surface area contributed by atoms with Gasteiger partial charge in [0.15, 0.2) is 11.6 Å². The van der Waals surface area contributed by atoms with Crippen LogP contribution >= 0.6 is 0 Å². The van der Waals surface area contributed by atoms with Crippen LogP contribution in [0.15, 0.2) is 66.1 Å². The van der Waals surface area contributed by atoms with Gasteiger partial charge in [-0.05, 0) is 36.8 Å². The Hall–Kier alpha value is -4.40. The molecule has 15 heteroatoms. The molecule has 0 N–H and O–H groups in total. The highest BCUT2D eigenvalue weighted by Crippen LogP contribution is 2.43. The molecule has 2 aromatic carbocycles. The molecule has 2 heterocycles. The SMILES string of the molecule is COc1ccc(CN(c2ccncn2)S(=O)(=O)c2ccc(OC3CC(F)(F)CCC3c3ccnn3C)c(F)c2F)c(OC)c1. The number of methoxy groups -OCH3 is 2. The maximum Gasteiger partial charge on any atom is 0.268 e. The summed E-state index contributed by atoms with van der Waals surface area (Å²) in [6.45, 7) is -0.380. The molecule has 0 amide bonds. The monoisotopic (exact) mass is 635 g/mol. The average Bonchev–Trinajstić information content (AvgIpc) is 3.43. The van der Waals surface area contributed by atoms with Crippen molar-refractivity contribution in [2.24, 2.45) is 7.05 Å². The molecule has 44 heavy (non-hydrogen) atoms. The third-order valence-electron chi connectivity index (χ3n) is 7.50. The smallest absolute Gasteiger partial charge is 0.268 e.